The van der Waals surface area contributed by atoms with Crippen LogP contribution < -0.4 is 11.2 Å². The average molecular weight is 243 g/mol. The van der Waals surface area contributed by atoms with Crippen molar-refractivity contribution >= 4 is 11.4 Å². The van der Waals surface area contributed by atoms with Gasteiger partial charge in [0.05, 0.1) is 18.9 Å². The minimum atomic E-state index is -2.54. The van der Waals surface area contributed by atoms with Crippen LogP contribution in [-0.4, -0.2) is 31.3 Å². The first-order valence-corrected chi connectivity index (χ1v) is 5.44. The maximum Gasteiger partial charge on any atom is 0.265 e. The molecule has 1 fully saturated rings. The molecule has 1 aromatic carbocycles. The minimum Gasteiger partial charge on any atom is -0.399 e. The molecule has 0 spiro atoms. The lowest BCUT2D eigenvalue weighted by Crippen LogP contribution is -2.40. The Morgan fingerprint density at radius 3 is 2.65 bits per heavy atom. The summed E-state index contributed by atoms with van der Waals surface area (Å²) in [6.07, 6.45) is -2.54. The Hall–Kier alpha value is -1.40. The Balaban J connectivity index is 2.13. The van der Waals surface area contributed by atoms with Crippen molar-refractivity contribution in [1.29, 1.82) is 0 Å². The van der Waals surface area contributed by atoms with Crippen LogP contribution in [0.25, 0.3) is 0 Å². The first kappa shape index (κ1) is 12.1. The zero-order chi connectivity index (χ0) is 12.3. The molecule has 6 heteroatoms. The van der Waals surface area contributed by atoms with Crippen LogP contribution in [0.2, 0.25) is 0 Å². The number of nitrogens with zero attached hydrogens (tertiary/aromatic N) is 1. The molecule has 17 heavy (non-hydrogen) atoms. The van der Waals surface area contributed by atoms with E-state index in [-0.39, 0.29) is 5.56 Å². The fourth-order valence-corrected chi connectivity index (χ4v) is 1.71. The lowest BCUT2D eigenvalue weighted by molar-refractivity contribution is 0.0494. The van der Waals surface area contributed by atoms with Gasteiger partial charge in [-0.05, 0) is 18.2 Å². The van der Waals surface area contributed by atoms with Crippen LogP contribution in [0.4, 0.5) is 20.2 Å². The van der Waals surface area contributed by atoms with Crippen molar-refractivity contribution in [2.75, 3.05) is 37.5 Å². The van der Waals surface area contributed by atoms with E-state index < -0.39 is 6.43 Å². The maximum atomic E-state index is 12.8. The van der Waals surface area contributed by atoms with Crippen molar-refractivity contribution in [3.05, 3.63) is 23.8 Å². The second-order valence-corrected chi connectivity index (χ2v) is 3.86. The Bertz CT molecular complexity index is 381. The number of nitrogens with two attached hydrogens (primary N) is 1. The lowest BCUT2D eigenvalue weighted by atomic mass is 10.1. The molecule has 0 atom stereocenters. The van der Waals surface area contributed by atoms with E-state index in [0.717, 1.165) is 0 Å². The van der Waals surface area contributed by atoms with E-state index in [4.69, 9.17) is 10.5 Å². The summed E-state index contributed by atoms with van der Waals surface area (Å²) in [5.74, 6) is 0. The summed E-state index contributed by atoms with van der Waals surface area (Å²) in [5, 5.41) is 1.86. The number of morpholine rings is 1. The quantitative estimate of drug-likeness (QED) is 0.796. The molecule has 3 N–H and O–H groups in total. The monoisotopic (exact) mass is 243 g/mol. The minimum absolute atomic E-state index is 0.0727. The van der Waals surface area contributed by atoms with Crippen molar-refractivity contribution in [3.63, 3.8) is 0 Å². The van der Waals surface area contributed by atoms with Gasteiger partial charge in [-0.1, -0.05) is 0 Å². The van der Waals surface area contributed by atoms with Crippen LogP contribution in [0, 0.1) is 0 Å². The summed E-state index contributed by atoms with van der Waals surface area (Å²) in [6, 6.07) is 4.48. The Kier molecular flexibility index (Phi) is 3.75. The highest BCUT2D eigenvalue weighted by Gasteiger charge is 2.16. The third kappa shape index (κ3) is 3.04. The molecule has 4 nitrogen and oxygen atoms in total. The van der Waals surface area contributed by atoms with E-state index >= 15 is 0 Å². The molecule has 0 radical (unpaired) electrons. The summed E-state index contributed by atoms with van der Waals surface area (Å²) in [5.41, 5.74) is 9.15. The fourth-order valence-electron chi connectivity index (χ4n) is 1.71. The Morgan fingerprint density at radius 1 is 1.29 bits per heavy atom. The van der Waals surface area contributed by atoms with E-state index in [1.165, 1.54) is 6.07 Å². The zero-order valence-electron chi connectivity index (χ0n) is 9.33. The molecule has 0 saturated carbocycles. The van der Waals surface area contributed by atoms with Crippen LogP contribution in [0.15, 0.2) is 18.2 Å². The van der Waals surface area contributed by atoms with Crippen LogP contribution >= 0.6 is 0 Å². The fraction of sp³-hybridized carbons (Fsp3) is 0.455. The van der Waals surface area contributed by atoms with Gasteiger partial charge in [-0.3, -0.25) is 0 Å². The smallest absolute Gasteiger partial charge is 0.265 e. The van der Waals surface area contributed by atoms with Crippen LogP contribution in [0.1, 0.15) is 12.0 Å². The van der Waals surface area contributed by atoms with Gasteiger partial charge in [-0.15, -0.1) is 0 Å². The molecule has 2 rings (SSSR count). The molecular weight excluding hydrogens is 228 g/mol. The molecular formula is C11H15F2N3O. The van der Waals surface area contributed by atoms with Crippen molar-refractivity contribution < 1.29 is 13.5 Å². The van der Waals surface area contributed by atoms with Gasteiger partial charge in [-0.25, -0.2) is 13.8 Å². The summed E-state index contributed by atoms with van der Waals surface area (Å²) in [4.78, 5) is 0. The topological polar surface area (TPSA) is 50.5 Å². The highest BCUT2D eigenvalue weighted by atomic mass is 19.3. The number of nitrogen functional groups attached to an aromatic ring is 1. The number of halogens is 2. The number of alkyl halides is 2. The first-order valence-electron chi connectivity index (χ1n) is 5.44. The molecule has 0 bridgehead atoms. The second kappa shape index (κ2) is 5.29. The summed E-state index contributed by atoms with van der Waals surface area (Å²) in [7, 11) is 0. The SMILES string of the molecule is Nc1ccc(NN2CCOCC2)c(C(F)F)c1. The number of rotatable bonds is 3. The number of nitrogens with one attached hydrogen (secondary N) is 1. The molecule has 1 aliphatic rings. The highest BCUT2D eigenvalue weighted by Crippen LogP contribution is 2.29. The number of benzene rings is 1. The normalized spacial score (nSPS) is 17.4. The van der Waals surface area contributed by atoms with Crippen LogP contribution in [-0.2, 0) is 4.74 Å². The number of hydrogen-bond donors (Lipinski definition) is 2. The van der Waals surface area contributed by atoms with Gasteiger partial charge in [0.2, 0.25) is 0 Å². The second-order valence-electron chi connectivity index (χ2n) is 3.86. The molecule has 1 aromatic rings. The van der Waals surface area contributed by atoms with E-state index in [0.29, 0.717) is 37.7 Å². The van der Waals surface area contributed by atoms with Gasteiger partial charge < -0.3 is 15.9 Å². The van der Waals surface area contributed by atoms with Gasteiger partial charge in [0, 0.05) is 24.3 Å². The van der Waals surface area contributed by atoms with E-state index in [1.807, 2.05) is 5.01 Å². The molecule has 1 aliphatic heterocycles. The van der Waals surface area contributed by atoms with Crippen molar-refractivity contribution in [2.45, 2.75) is 6.43 Å². The molecule has 0 amide bonds. The van der Waals surface area contributed by atoms with Gasteiger partial charge in [0.1, 0.15) is 0 Å². The molecule has 1 saturated heterocycles. The lowest BCUT2D eigenvalue weighted by Gasteiger charge is -2.28. The first-order chi connectivity index (χ1) is 8.16. The van der Waals surface area contributed by atoms with E-state index in [2.05, 4.69) is 5.43 Å². The number of hydrogen-bond acceptors (Lipinski definition) is 4. The summed E-state index contributed by atoms with van der Waals surface area (Å²) in [6.45, 7) is 2.55. The summed E-state index contributed by atoms with van der Waals surface area (Å²) < 4.78 is 30.8. The maximum absolute atomic E-state index is 12.8. The van der Waals surface area contributed by atoms with Gasteiger partial charge >= 0.3 is 0 Å². The predicted molar refractivity (Wildman–Crippen MR) is 61.8 cm³/mol. The van der Waals surface area contributed by atoms with Gasteiger partial charge in [-0.2, -0.15) is 0 Å². The molecule has 0 aliphatic carbocycles. The van der Waals surface area contributed by atoms with Crippen molar-refractivity contribution in [3.8, 4) is 0 Å². The van der Waals surface area contributed by atoms with Gasteiger partial charge in [0.15, 0.2) is 0 Å². The van der Waals surface area contributed by atoms with Crippen molar-refractivity contribution in [2.24, 2.45) is 0 Å². The molecule has 0 unspecified atom stereocenters. The van der Waals surface area contributed by atoms with E-state index in [9.17, 15) is 8.78 Å². The predicted octanol–water partition coefficient (Wildman–Crippen LogP) is 1.87. The van der Waals surface area contributed by atoms with Gasteiger partial charge in [0.25, 0.3) is 6.43 Å². The third-order valence-corrected chi connectivity index (χ3v) is 2.60. The Labute approximate surface area is 98.3 Å². The molecule has 0 aromatic heterocycles. The molecule has 94 valence electrons. The standard InChI is InChI=1S/C11H15F2N3O/c12-11(13)9-7-8(14)1-2-10(9)15-16-3-5-17-6-4-16/h1-2,7,11,15H,3-6,14H2. The number of ether oxygens (including phenoxy) is 1. The largest absolute Gasteiger partial charge is 0.399 e. The molecule has 1 heterocycles. The number of anilines is 2. The van der Waals surface area contributed by atoms with E-state index in [1.54, 1.807) is 12.1 Å². The van der Waals surface area contributed by atoms with Crippen LogP contribution in [0.5, 0.6) is 0 Å². The average Bonchev–Trinajstić information content (AvgIpc) is 2.32. The number of hydrazine groups is 1. The van der Waals surface area contributed by atoms with Crippen molar-refractivity contribution in [1.82, 2.24) is 5.01 Å². The van der Waals surface area contributed by atoms with Crippen LogP contribution in [0.3, 0.4) is 0 Å². The summed E-state index contributed by atoms with van der Waals surface area (Å²) >= 11 is 0. The highest BCUT2D eigenvalue weighted by molar-refractivity contribution is 5.58. The third-order valence-electron chi connectivity index (χ3n) is 2.60. The zero-order valence-corrected chi connectivity index (χ0v) is 9.33. The Morgan fingerprint density at radius 2 is 2.00 bits per heavy atom.